The number of benzene rings is 2. The highest BCUT2D eigenvalue weighted by Crippen LogP contribution is 2.47. The monoisotopic (exact) mass is 725 g/mol. The number of amides is 2. The summed E-state index contributed by atoms with van der Waals surface area (Å²) in [7, 11) is 0.145. The first kappa shape index (κ1) is 33.3. The summed E-state index contributed by atoms with van der Waals surface area (Å²) in [5.74, 6) is 0.0755. The summed E-state index contributed by atoms with van der Waals surface area (Å²) in [6.45, 7) is 3.85. The number of rotatable bonds is 10. The van der Waals surface area contributed by atoms with Crippen molar-refractivity contribution in [3.63, 3.8) is 0 Å². The summed E-state index contributed by atoms with van der Waals surface area (Å²) in [5, 5.41) is 4.78. The van der Waals surface area contributed by atoms with Crippen LogP contribution in [0.3, 0.4) is 0 Å². The molecular weight excluding hydrogens is 689 g/mol. The standard InChI is InChI=1S/C33H37BrN5O7P/c1-20-14-24(10-13-28(20)34)32(41)37-18-29-27(15-21(37)2)33(42)38(30-25(16-22-6-7-22)17-35-39(29)30)26-11-8-23(9-12-26)31(40)36(3)19-46-47(43,44-4)45-5/h8-14,17,21-22H,6-7,15-16,18-19H2,1-5H3/t21-/m0/s1. The lowest BCUT2D eigenvalue weighted by Crippen LogP contribution is -2.46. The molecule has 2 amide bonds. The summed E-state index contributed by atoms with van der Waals surface area (Å²) >= 11 is 3.51. The van der Waals surface area contributed by atoms with E-state index < -0.39 is 7.82 Å². The smallest absolute Gasteiger partial charge is 0.330 e. The number of halogens is 1. The highest BCUT2D eigenvalue weighted by Gasteiger charge is 2.34. The van der Waals surface area contributed by atoms with Crippen LogP contribution in [0.15, 0.2) is 57.9 Å². The van der Waals surface area contributed by atoms with Gasteiger partial charge in [0.1, 0.15) is 12.4 Å². The zero-order valence-corrected chi connectivity index (χ0v) is 29.4. The Hall–Kier alpha value is -3.61. The lowest BCUT2D eigenvalue weighted by atomic mass is 9.98. The van der Waals surface area contributed by atoms with E-state index in [9.17, 15) is 18.9 Å². The largest absolute Gasteiger partial charge is 0.475 e. The van der Waals surface area contributed by atoms with Gasteiger partial charge in [0.05, 0.1) is 24.1 Å². The molecule has 47 heavy (non-hydrogen) atoms. The first-order chi connectivity index (χ1) is 22.4. The lowest BCUT2D eigenvalue weighted by Gasteiger charge is -2.35. The molecule has 1 fully saturated rings. The van der Waals surface area contributed by atoms with E-state index in [1.807, 2.05) is 47.7 Å². The Morgan fingerprint density at radius 1 is 1.09 bits per heavy atom. The third kappa shape index (κ3) is 6.47. The maximum atomic E-state index is 14.4. The number of hydrogen-bond donors (Lipinski definition) is 0. The van der Waals surface area contributed by atoms with Crippen LogP contribution >= 0.6 is 23.8 Å². The minimum Gasteiger partial charge on any atom is -0.330 e. The van der Waals surface area contributed by atoms with Crippen molar-refractivity contribution >= 4 is 41.2 Å². The number of hydrogen-bond acceptors (Lipinski definition) is 8. The number of phosphoric acid groups is 1. The Morgan fingerprint density at radius 2 is 1.77 bits per heavy atom. The van der Waals surface area contributed by atoms with Crippen molar-refractivity contribution in [2.24, 2.45) is 5.92 Å². The maximum absolute atomic E-state index is 14.4. The zero-order valence-electron chi connectivity index (χ0n) is 26.9. The van der Waals surface area contributed by atoms with Crippen LogP contribution < -0.4 is 5.56 Å². The van der Waals surface area contributed by atoms with Gasteiger partial charge in [-0.25, -0.2) is 9.08 Å². The number of aromatic nitrogens is 3. The minimum absolute atomic E-state index is 0.0932. The first-order valence-electron chi connectivity index (χ1n) is 15.4. The van der Waals surface area contributed by atoms with Crippen LogP contribution in [0, 0.1) is 12.8 Å². The van der Waals surface area contributed by atoms with Crippen LogP contribution in [0.2, 0.25) is 0 Å². The van der Waals surface area contributed by atoms with Gasteiger partial charge in [0.2, 0.25) is 0 Å². The Bertz CT molecular complexity index is 1960. The summed E-state index contributed by atoms with van der Waals surface area (Å²) in [6.07, 6.45) is 5.27. The van der Waals surface area contributed by atoms with Crippen LogP contribution in [-0.4, -0.2) is 69.8 Å². The molecule has 0 spiro atoms. The minimum atomic E-state index is -3.75. The van der Waals surface area contributed by atoms with E-state index in [0.717, 1.165) is 34.9 Å². The van der Waals surface area contributed by atoms with Crippen molar-refractivity contribution in [2.45, 2.75) is 52.1 Å². The summed E-state index contributed by atoms with van der Waals surface area (Å²) in [4.78, 5) is 44.3. The second-order valence-corrected chi connectivity index (χ2v) is 14.9. The predicted molar refractivity (Wildman–Crippen MR) is 179 cm³/mol. The Kier molecular flexibility index (Phi) is 9.30. The second-order valence-electron chi connectivity index (χ2n) is 12.2. The molecule has 0 radical (unpaired) electrons. The quantitative estimate of drug-likeness (QED) is 0.154. The Morgan fingerprint density at radius 3 is 2.40 bits per heavy atom. The molecule has 248 valence electrons. The summed E-state index contributed by atoms with van der Waals surface area (Å²) < 4.78 is 31.4. The number of nitrogens with zero attached hydrogens (tertiary/aromatic N) is 5. The van der Waals surface area contributed by atoms with Gasteiger partial charge in [-0.3, -0.25) is 32.5 Å². The fraction of sp³-hybridized carbons (Fsp3) is 0.394. The van der Waals surface area contributed by atoms with Gasteiger partial charge in [-0.2, -0.15) is 5.10 Å². The van der Waals surface area contributed by atoms with Crippen molar-refractivity contribution in [3.05, 3.63) is 97.0 Å². The van der Waals surface area contributed by atoms with E-state index in [2.05, 4.69) is 15.9 Å². The summed E-state index contributed by atoms with van der Waals surface area (Å²) in [6, 6.07) is 12.1. The van der Waals surface area contributed by atoms with E-state index in [4.69, 9.17) is 18.7 Å². The SMILES string of the molecule is COP(=O)(OC)OCN(C)C(=O)c1ccc(-n2c(=O)c3c(n4ncc(CC5CC5)c24)CN(C(=O)c2ccc(Br)c(C)c2)[C@@H](C)C3)cc1. The molecule has 6 rings (SSSR count). The topological polar surface area (TPSA) is 125 Å². The van der Waals surface area contributed by atoms with E-state index in [1.54, 1.807) is 28.8 Å². The number of aryl methyl sites for hydroxylation is 1. The zero-order chi connectivity index (χ0) is 33.6. The molecule has 0 bridgehead atoms. The third-order valence-electron chi connectivity index (χ3n) is 8.89. The number of carbonyl (C=O) groups excluding carboxylic acids is 2. The van der Waals surface area contributed by atoms with Gasteiger partial charge in [-0.1, -0.05) is 15.9 Å². The van der Waals surface area contributed by atoms with Crippen LogP contribution in [-0.2, 0) is 37.5 Å². The average molecular weight is 727 g/mol. The van der Waals surface area contributed by atoms with Gasteiger partial charge in [0.25, 0.3) is 17.4 Å². The van der Waals surface area contributed by atoms with Crippen molar-refractivity contribution < 1.29 is 27.7 Å². The van der Waals surface area contributed by atoms with Crippen LogP contribution in [0.25, 0.3) is 11.3 Å². The highest BCUT2D eigenvalue weighted by molar-refractivity contribution is 9.10. The first-order valence-corrected chi connectivity index (χ1v) is 17.6. The molecule has 0 unspecified atom stereocenters. The van der Waals surface area contributed by atoms with Gasteiger partial charge in [0, 0.05) is 54.0 Å². The fourth-order valence-electron chi connectivity index (χ4n) is 5.99. The van der Waals surface area contributed by atoms with E-state index in [0.29, 0.717) is 46.1 Å². The molecule has 2 aliphatic rings. The third-order valence-corrected chi connectivity index (χ3v) is 11.1. The number of carbonyl (C=O) groups is 2. The van der Waals surface area contributed by atoms with E-state index in [-0.39, 0.29) is 36.7 Å². The fourth-order valence-corrected chi connectivity index (χ4v) is 6.91. The highest BCUT2D eigenvalue weighted by atomic mass is 79.9. The Labute approximate surface area is 281 Å². The molecule has 2 aromatic carbocycles. The molecular formula is C33H37BrN5O7P. The molecule has 1 aliphatic heterocycles. The van der Waals surface area contributed by atoms with Crippen molar-refractivity contribution in [1.29, 1.82) is 0 Å². The van der Waals surface area contributed by atoms with Gasteiger partial charge in [0.15, 0.2) is 0 Å². The molecule has 0 saturated heterocycles. The molecule has 3 heterocycles. The molecule has 12 nitrogen and oxygen atoms in total. The van der Waals surface area contributed by atoms with Gasteiger partial charge in [-0.15, -0.1) is 0 Å². The van der Waals surface area contributed by atoms with E-state index >= 15 is 0 Å². The normalized spacial score (nSPS) is 16.4. The maximum Gasteiger partial charge on any atom is 0.475 e. The number of phosphoric ester groups is 1. The van der Waals surface area contributed by atoms with Crippen molar-refractivity contribution in [1.82, 2.24) is 24.0 Å². The molecule has 2 aromatic heterocycles. The van der Waals surface area contributed by atoms with E-state index in [1.165, 1.54) is 26.2 Å². The molecule has 1 atom stereocenters. The van der Waals surface area contributed by atoms with Gasteiger partial charge < -0.3 is 9.80 Å². The molecule has 0 N–H and O–H groups in total. The molecule has 4 aromatic rings. The van der Waals surface area contributed by atoms with Crippen molar-refractivity contribution in [2.75, 3.05) is 28.0 Å². The Balaban J connectivity index is 1.36. The van der Waals surface area contributed by atoms with Crippen molar-refractivity contribution in [3.8, 4) is 5.69 Å². The predicted octanol–water partition coefficient (Wildman–Crippen LogP) is 5.54. The molecule has 14 heteroatoms. The molecule has 1 saturated carbocycles. The average Bonchev–Trinajstić information content (AvgIpc) is 3.81. The molecule has 1 aliphatic carbocycles. The van der Waals surface area contributed by atoms with Gasteiger partial charge in [-0.05, 0) is 93.5 Å². The van der Waals surface area contributed by atoms with Gasteiger partial charge >= 0.3 is 7.82 Å². The number of fused-ring (bicyclic) bond motifs is 3. The lowest BCUT2D eigenvalue weighted by molar-refractivity contribution is 0.0569. The summed E-state index contributed by atoms with van der Waals surface area (Å²) in [5.41, 5.74) is 5.30. The van der Waals surface area contributed by atoms with Crippen LogP contribution in [0.4, 0.5) is 0 Å². The van der Waals surface area contributed by atoms with Crippen LogP contribution in [0.5, 0.6) is 0 Å². The second kappa shape index (κ2) is 13.1. The van der Waals surface area contributed by atoms with Crippen LogP contribution in [0.1, 0.15) is 62.9 Å².